The molecule has 30 heavy (non-hydrogen) atoms. The monoisotopic (exact) mass is 429 g/mol. The topological polar surface area (TPSA) is 63.0 Å². The second-order valence-electron chi connectivity index (χ2n) is 10.0. The van der Waals surface area contributed by atoms with Crippen LogP contribution < -0.4 is 4.90 Å². The zero-order valence-corrected chi connectivity index (χ0v) is 19.9. The molecule has 1 aliphatic heterocycles. The fourth-order valence-corrected chi connectivity index (χ4v) is 4.53. The van der Waals surface area contributed by atoms with E-state index >= 15 is 0 Å². The summed E-state index contributed by atoms with van der Waals surface area (Å²) >= 11 is 1.79. The summed E-state index contributed by atoms with van der Waals surface area (Å²) in [6, 6.07) is 2.22. The van der Waals surface area contributed by atoms with Crippen LogP contribution in [-0.2, 0) is 17.9 Å². The molecule has 2 aliphatic rings. The molecule has 2 aromatic heterocycles. The molecule has 0 spiro atoms. The second-order valence-corrected chi connectivity index (χ2v) is 11.1. The van der Waals surface area contributed by atoms with E-state index in [1.807, 2.05) is 11.6 Å². The zero-order valence-electron chi connectivity index (χ0n) is 19.1. The van der Waals surface area contributed by atoms with Crippen molar-refractivity contribution in [2.24, 2.45) is 7.05 Å². The molecule has 2 fully saturated rings. The van der Waals surface area contributed by atoms with Crippen LogP contribution in [0.15, 0.2) is 17.6 Å². The molecule has 8 heteroatoms. The number of anilines is 1. The van der Waals surface area contributed by atoms with Gasteiger partial charge in [-0.25, -0.2) is 9.97 Å². The predicted octanol–water partition coefficient (Wildman–Crippen LogP) is 3.26. The van der Waals surface area contributed by atoms with Crippen molar-refractivity contribution in [3.8, 4) is 0 Å². The molecule has 0 radical (unpaired) electrons. The highest BCUT2D eigenvalue weighted by Crippen LogP contribution is 2.46. The fourth-order valence-electron chi connectivity index (χ4n) is 3.72. The summed E-state index contributed by atoms with van der Waals surface area (Å²) < 4.78 is 1.98. The molecule has 0 N–H and O–H groups in total. The Morgan fingerprint density at radius 3 is 2.43 bits per heavy atom. The van der Waals surface area contributed by atoms with Gasteiger partial charge in [-0.2, -0.15) is 0 Å². The lowest BCUT2D eigenvalue weighted by Crippen LogP contribution is -2.47. The normalized spacial score (nSPS) is 19.3. The van der Waals surface area contributed by atoms with Gasteiger partial charge in [-0.1, -0.05) is 39.5 Å². The SMILES string of the molecule is Cn1cnnc1SCCCN1CCN(c2cc(C(C)(C)C)nc(C3(C)CC3)n2)CC1. The first-order valence-corrected chi connectivity index (χ1v) is 12.1. The van der Waals surface area contributed by atoms with E-state index in [0.29, 0.717) is 0 Å². The number of aromatic nitrogens is 5. The van der Waals surface area contributed by atoms with Crippen molar-refractivity contribution >= 4 is 17.6 Å². The maximum absolute atomic E-state index is 5.02. The summed E-state index contributed by atoms with van der Waals surface area (Å²) in [5, 5.41) is 9.08. The lowest BCUT2D eigenvalue weighted by molar-refractivity contribution is 0.258. The van der Waals surface area contributed by atoms with Crippen molar-refractivity contribution < 1.29 is 0 Å². The van der Waals surface area contributed by atoms with Crippen LogP contribution in [0.1, 0.15) is 58.5 Å². The van der Waals surface area contributed by atoms with E-state index < -0.39 is 0 Å². The van der Waals surface area contributed by atoms with Crippen LogP contribution in [0.4, 0.5) is 5.82 Å². The third kappa shape index (κ3) is 4.97. The number of piperazine rings is 1. The molecule has 0 atom stereocenters. The Balaban J connectivity index is 1.32. The summed E-state index contributed by atoms with van der Waals surface area (Å²) in [4.78, 5) is 15.0. The quantitative estimate of drug-likeness (QED) is 0.494. The predicted molar refractivity (Wildman–Crippen MR) is 122 cm³/mol. The van der Waals surface area contributed by atoms with Crippen LogP contribution in [0.5, 0.6) is 0 Å². The summed E-state index contributed by atoms with van der Waals surface area (Å²) in [5.74, 6) is 3.25. The second kappa shape index (κ2) is 8.46. The van der Waals surface area contributed by atoms with Crippen LogP contribution in [0.2, 0.25) is 0 Å². The Bertz CT molecular complexity index is 837. The highest BCUT2D eigenvalue weighted by molar-refractivity contribution is 7.99. The zero-order chi connectivity index (χ0) is 21.4. The van der Waals surface area contributed by atoms with Gasteiger partial charge in [-0.15, -0.1) is 10.2 Å². The Morgan fingerprint density at radius 2 is 1.83 bits per heavy atom. The smallest absolute Gasteiger partial charge is 0.190 e. The van der Waals surface area contributed by atoms with Gasteiger partial charge < -0.3 is 9.47 Å². The fraction of sp³-hybridized carbons (Fsp3) is 0.727. The van der Waals surface area contributed by atoms with E-state index in [2.05, 4.69) is 53.8 Å². The van der Waals surface area contributed by atoms with Gasteiger partial charge in [0.1, 0.15) is 18.0 Å². The average molecular weight is 430 g/mol. The molecule has 2 aromatic rings. The maximum atomic E-state index is 5.02. The van der Waals surface area contributed by atoms with Crippen LogP contribution in [-0.4, -0.2) is 68.1 Å². The first kappa shape index (κ1) is 21.6. The Kier molecular flexibility index (Phi) is 6.08. The molecule has 1 saturated carbocycles. The summed E-state index contributed by atoms with van der Waals surface area (Å²) in [5.41, 5.74) is 1.40. The number of aryl methyl sites for hydroxylation is 1. The third-order valence-electron chi connectivity index (χ3n) is 6.24. The van der Waals surface area contributed by atoms with Crippen molar-refractivity contribution in [1.82, 2.24) is 29.6 Å². The van der Waals surface area contributed by atoms with E-state index in [4.69, 9.17) is 9.97 Å². The van der Waals surface area contributed by atoms with Crippen molar-refractivity contribution in [3.63, 3.8) is 0 Å². The number of hydrogen-bond donors (Lipinski definition) is 0. The molecule has 164 valence electrons. The van der Waals surface area contributed by atoms with Crippen LogP contribution >= 0.6 is 11.8 Å². The maximum Gasteiger partial charge on any atom is 0.190 e. The van der Waals surface area contributed by atoms with Crippen molar-refractivity contribution in [3.05, 3.63) is 23.9 Å². The molecule has 1 saturated heterocycles. The first-order valence-electron chi connectivity index (χ1n) is 11.1. The summed E-state index contributed by atoms with van der Waals surface area (Å²) in [6.45, 7) is 14.4. The summed E-state index contributed by atoms with van der Waals surface area (Å²) in [6.07, 6.45) is 5.34. The van der Waals surface area contributed by atoms with Gasteiger partial charge in [0.2, 0.25) is 0 Å². The highest BCUT2D eigenvalue weighted by Gasteiger charge is 2.43. The minimum absolute atomic E-state index is 0.0416. The molecule has 0 amide bonds. The molecule has 0 unspecified atom stereocenters. The van der Waals surface area contributed by atoms with Crippen LogP contribution in [0.3, 0.4) is 0 Å². The van der Waals surface area contributed by atoms with E-state index in [0.717, 1.165) is 55.3 Å². The largest absolute Gasteiger partial charge is 0.354 e. The molecule has 0 aromatic carbocycles. The number of nitrogens with zero attached hydrogens (tertiary/aromatic N) is 7. The van der Waals surface area contributed by atoms with Gasteiger partial charge in [0.05, 0.1) is 5.69 Å². The molecule has 7 nitrogen and oxygen atoms in total. The van der Waals surface area contributed by atoms with Crippen molar-refractivity contribution in [2.45, 2.75) is 62.9 Å². The first-order chi connectivity index (χ1) is 14.2. The molecule has 4 rings (SSSR count). The Labute approximate surface area is 184 Å². The minimum atomic E-state index is 0.0416. The minimum Gasteiger partial charge on any atom is -0.354 e. The van der Waals surface area contributed by atoms with Gasteiger partial charge >= 0.3 is 0 Å². The lowest BCUT2D eigenvalue weighted by Gasteiger charge is -2.36. The Morgan fingerprint density at radius 1 is 1.10 bits per heavy atom. The van der Waals surface area contributed by atoms with Crippen molar-refractivity contribution in [2.75, 3.05) is 43.4 Å². The van der Waals surface area contributed by atoms with Crippen LogP contribution in [0, 0.1) is 0 Å². The van der Waals surface area contributed by atoms with E-state index in [9.17, 15) is 0 Å². The van der Waals surface area contributed by atoms with Gasteiger partial charge in [0.15, 0.2) is 5.16 Å². The highest BCUT2D eigenvalue weighted by atomic mass is 32.2. The van der Waals surface area contributed by atoms with Gasteiger partial charge in [0.25, 0.3) is 0 Å². The van der Waals surface area contributed by atoms with E-state index in [1.54, 1.807) is 18.1 Å². The third-order valence-corrected chi connectivity index (χ3v) is 7.36. The van der Waals surface area contributed by atoms with E-state index in [1.165, 1.54) is 25.0 Å². The van der Waals surface area contributed by atoms with Gasteiger partial charge in [-0.05, 0) is 25.8 Å². The number of hydrogen-bond acceptors (Lipinski definition) is 7. The van der Waals surface area contributed by atoms with Gasteiger partial charge in [0, 0.05) is 55.9 Å². The van der Waals surface area contributed by atoms with Crippen molar-refractivity contribution in [1.29, 1.82) is 0 Å². The van der Waals surface area contributed by atoms with Gasteiger partial charge in [-0.3, -0.25) is 4.90 Å². The van der Waals surface area contributed by atoms with E-state index in [-0.39, 0.29) is 10.8 Å². The summed E-state index contributed by atoms with van der Waals surface area (Å²) in [7, 11) is 1.99. The average Bonchev–Trinajstić information content (AvgIpc) is 3.35. The van der Waals surface area contributed by atoms with Crippen LogP contribution in [0.25, 0.3) is 0 Å². The number of rotatable bonds is 7. The standard InChI is InChI=1S/C22H35N7S/c1-21(2,3)17-15-18(25-19(24-17)22(4)7-8-22)29-12-10-28(11-13-29)9-6-14-30-20-26-23-16-27(20)5/h15-16H,6-14H2,1-5H3. The molecular weight excluding hydrogens is 394 g/mol. The molecule has 1 aliphatic carbocycles. The molecular formula is C22H35N7S. The Hall–Kier alpha value is -1.67. The molecule has 0 bridgehead atoms. The number of thioether (sulfide) groups is 1. The lowest BCUT2D eigenvalue weighted by atomic mass is 9.91. The molecule has 3 heterocycles.